The zero-order chi connectivity index (χ0) is 14.4. The van der Waals surface area contributed by atoms with Crippen molar-refractivity contribution in [3.05, 3.63) is 0 Å². The number of aliphatic hydroxyl groups excluding tert-OH is 1. The van der Waals surface area contributed by atoms with Crippen LogP contribution in [0.25, 0.3) is 0 Å². The van der Waals surface area contributed by atoms with Crippen LogP contribution < -0.4 is 4.72 Å². The zero-order valence-electron chi connectivity index (χ0n) is 11.1. The fraction of sp³-hybridized carbons (Fsp3) is 0.909. The average Bonchev–Trinajstić information content (AvgIpc) is 2.11. The van der Waals surface area contributed by atoms with Gasteiger partial charge in [0.15, 0.2) is 0 Å². The lowest BCUT2D eigenvalue weighted by Crippen LogP contribution is -2.35. The SMILES string of the molecule is CC(C)(C)CC(O)CNS(=O)(=O)CCCC(=O)O. The molecule has 0 radical (unpaired) electrons. The van der Waals surface area contributed by atoms with E-state index in [0.29, 0.717) is 6.42 Å². The summed E-state index contributed by atoms with van der Waals surface area (Å²) in [5.74, 6) is -1.25. The summed E-state index contributed by atoms with van der Waals surface area (Å²) in [4.78, 5) is 10.3. The van der Waals surface area contributed by atoms with Gasteiger partial charge in [-0.05, 0) is 18.3 Å². The molecule has 0 aromatic rings. The number of carboxylic acid groups (broad SMARTS) is 1. The summed E-state index contributed by atoms with van der Waals surface area (Å²) < 4.78 is 25.2. The van der Waals surface area contributed by atoms with Crippen molar-refractivity contribution in [3.8, 4) is 0 Å². The van der Waals surface area contributed by atoms with Crippen LogP contribution >= 0.6 is 0 Å². The molecule has 0 aliphatic heterocycles. The Morgan fingerprint density at radius 3 is 2.33 bits per heavy atom. The average molecular weight is 281 g/mol. The Morgan fingerprint density at radius 1 is 1.33 bits per heavy atom. The van der Waals surface area contributed by atoms with E-state index in [1.54, 1.807) is 0 Å². The van der Waals surface area contributed by atoms with Crippen molar-refractivity contribution in [2.75, 3.05) is 12.3 Å². The number of carboxylic acids is 1. The lowest BCUT2D eigenvalue weighted by atomic mass is 9.89. The molecular formula is C11H23NO5S. The van der Waals surface area contributed by atoms with Gasteiger partial charge in [0.1, 0.15) is 0 Å². The van der Waals surface area contributed by atoms with E-state index in [2.05, 4.69) is 4.72 Å². The van der Waals surface area contributed by atoms with Gasteiger partial charge in [-0.3, -0.25) is 4.79 Å². The molecule has 0 fully saturated rings. The maximum Gasteiger partial charge on any atom is 0.303 e. The van der Waals surface area contributed by atoms with Gasteiger partial charge in [0.25, 0.3) is 0 Å². The Hall–Kier alpha value is -0.660. The molecule has 18 heavy (non-hydrogen) atoms. The number of aliphatic carboxylic acids is 1. The number of hydrogen-bond acceptors (Lipinski definition) is 4. The molecule has 0 spiro atoms. The van der Waals surface area contributed by atoms with Crippen molar-refractivity contribution in [1.29, 1.82) is 0 Å². The molecule has 0 rings (SSSR count). The summed E-state index contributed by atoms with van der Waals surface area (Å²) in [5.41, 5.74) is -0.0752. The van der Waals surface area contributed by atoms with Gasteiger partial charge in [0.05, 0.1) is 11.9 Å². The van der Waals surface area contributed by atoms with Crippen LogP contribution in [0.15, 0.2) is 0 Å². The van der Waals surface area contributed by atoms with Crippen LogP contribution in [0.5, 0.6) is 0 Å². The molecule has 0 aliphatic carbocycles. The number of sulfonamides is 1. The van der Waals surface area contributed by atoms with E-state index in [4.69, 9.17) is 5.11 Å². The van der Waals surface area contributed by atoms with Crippen LogP contribution in [0.2, 0.25) is 0 Å². The molecule has 1 unspecified atom stereocenters. The van der Waals surface area contributed by atoms with E-state index in [0.717, 1.165) is 0 Å². The minimum absolute atomic E-state index is 0.0350. The van der Waals surface area contributed by atoms with Crippen LogP contribution in [-0.2, 0) is 14.8 Å². The Kier molecular flexibility index (Phi) is 6.80. The molecule has 0 aromatic carbocycles. The van der Waals surface area contributed by atoms with Gasteiger partial charge >= 0.3 is 5.97 Å². The maximum absolute atomic E-state index is 11.5. The Morgan fingerprint density at radius 2 is 1.89 bits per heavy atom. The monoisotopic (exact) mass is 281 g/mol. The van der Waals surface area contributed by atoms with Crippen molar-refractivity contribution < 1.29 is 23.4 Å². The third-order valence-corrected chi connectivity index (χ3v) is 3.62. The van der Waals surface area contributed by atoms with E-state index >= 15 is 0 Å². The molecule has 0 amide bonds. The molecule has 7 heteroatoms. The van der Waals surface area contributed by atoms with Gasteiger partial charge in [0, 0.05) is 13.0 Å². The summed E-state index contributed by atoms with van der Waals surface area (Å²) in [6.07, 6.45) is -0.352. The second-order valence-corrected chi connectivity index (χ2v) is 7.51. The number of nitrogens with one attached hydrogen (secondary N) is 1. The van der Waals surface area contributed by atoms with E-state index in [1.165, 1.54) is 0 Å². The zero-order valence-corrected chi connectivity index (χ0v) is 12.0. The normalized spacial score (nSPS) is 14.4. The maximum atomic E-state index is 11.5. The van der Waals surface area contributed by atoms with Crippen molar-refractivity contribution in [1.82, 2.24) is 4.72 Å². The standard InChI is InChI=1S/C11H23NO5S/c1-11(2,3)7-9(13)8-12-18(16,17)6-4-5-10(14)15/h9,12-13H,4-8H2,1-3H3,(H,14,15). The van der Waals surface area contributed by atoms with Crippen LogP contribution in [-0.4, -0.2) is 43.0 Å². The van der Waals surface area contributed by atoms with Gasteiger partial charge in [-0.1, -0.05) is 20.8 Å². The fourth-order valence-corrected chi connectivity index (χ4v) is 2.60. The highest BCUT2D eigenvalue weighted by atomic mass is 32.2. The van der Waals surface area contributed by atoms with E-state index in [9.17, 15) is 18.3 Å². The lowest BCUT2D eigenvalue weighted by Gasteiger charge is -2.22. The third kappa shape index (κ3) is 10.5. The molecule has 0 saturated carbocycles. The lowest BCUT2D eigenvalue weighted by molar-refractivity contribution is -0.137. The molecule has 6 nitrogen and oxygen atoms in total. The summed E-state index contributed by atoms with van der Waals surface area (Å²) in [6.45, 7) is 5.83. The summed E-state index contributed by atoms with van der Waals surface area (Å²) >= 11 is 0. The van der Waals surface area contributed by atoms with Crippen LogP contribution in [0.1, 0.15) is 40.0 Å². The molecule has 3 N–H and O–H groups in total. The summed E-state index contributed by atoms with van der Waals surface area (Å²) in [5, 5.41) is 18.0. The highest BCUT2D eigenvalue weighted by Crippen LogP contribution is 2.20. The molecular weight excluding hydrogens is 258 g/mol. The third-order valence-electron chi connectivity index (χ3n) is 2.19. The van der Waals surface area contributed by atoms with Gasteiger partial charge in [-0.15, -0.1) is 0 Å². The smallest absolute Gasteiger partial charge is 0.303 e. The Balaban J connectivity index is 4.00. The van der Waals surface area contributed by atoms with Crippen LogP contribution in [0.4, 0.5) is 0 Å². The Bertz CT molecular complexity index is 358. The first-order chi connectivity index (χ1) is 8.02. The fourth-order valence-electron chi connectivity index (χ4n) is 1.49. The summed E-state index contributed by atoms with van der Waals surface area (Å²) in [6, 6.07) is 0. The highest BCUT2D eigenvalue weighted by molar-refractivity contribution is 7.89. The Labute approximate surface area is 108 Å². The molecule has 0 heterocycles. The minimum atomic E-state index is -3.50. The number of aliphatic hydroxyl groups is 1. The van der Waals surface area contributed by atoms with Crippen molar-refractivity contribution in [2.45, 2.75) is 46.1 Å². The van der Waals surface area contributed by atoms with Crippen LogP contribution in [0, 0.1) is 5.41 Å². The number of hydrogen-bond donors (Lipinski definition) is 3. The second kappa shape index (κ2) is 7.06. The van der Waals surface area contributed by atoms with Gasteiger partial charge < -0.3 is 10.2 Å². The first-order valence-electron chi connectivity index (χ1n) is 5.89. The largest absolute Gasteiger partial charge is 0.481 e. The van der Waals surface area contributed by atoms with E-state index < -0.39 is 22.1 Å². The highest BCUT2D eigenvalue weighted by Gasteiger charge is 2.19. The van der Waals surface area contributed by atoms with E-state index in [-0.39, 0.29) is 30.6 Å². The predicted molar refractivity (Wildman–Crippen MR) is 68.7 cm³/mol. The molecule has 0 bridgehead atoms. The first kappa shape index (κ1) is 17.3. The topological polar surface area (TPSA) is 104 Å². The molecule has 0 aliphatic rings. The number of rotatable bonds is 8. The summed E-state index contributed by atoms with van der Waals surface area (Å²) in [7, 11) is -3.50. The minimum Gasteiger partial charge on any atom is -0.481 e. The number of carbonyl (C=O) groups is 1. The van der Waals surface area contributed by atoms with Crippen molar-refractivity contribution >= 4 is 16.0 Å². The molecule has 108 valence electrons. The predicted octanol–water partition coefficient (Wildman–Crippen LogP) is 0.568. The molecule has 1 atom stereocenters. The van der Waals surface area contributed by atoms with E-state index in [1.807, 2.05) is 20.8 Å². The van der Waals surface area contributed by atoms with Gasteiger partial charge in [-0.25, -0.2) is 13.1 Å². The van der Waals surface area contributed by atoms with Crippen molar-refractivity contribution in [3.63, 3.8) is 0 Å². The quantitative estimate of drug-likeness (QED) is 0.603. The first-order valence-corrected chi connectivity index (χ1v) is 7.54. The molecule has 0 saturated heterocycles. The molecule has 0 aromatic heterocycles. The second-order valence-electron chi connectivity index (χ2n) is 5.58. The van der Waals surface area contributed by atoms with Crippen LogP contribution in [0.3, 0.4) is 0 Å². The van der Waals surface area contributed by atoms with Gasteiger partial charge in [0.2, 0.25) is 10.0 Å². The van der Waals surface area contributed by atoms with Crippen molar-refractivity contribution in [2.24, 2.45) is 5.41 Å². The van der Waals surface area contributed by atoms with Gasteiger partial charge in [-0.2, -0.15) is 0 Å².